The first kappa shape index (κ1) is 32.6. The number of imidazole rings is 1. The number of rotatable bonds is 9. The van der Waals surface area contributed by atoms with Crippen LogP contribution in [0.15, 0.2) is 87.2 Å². The number of fused-ring (bicyclic) bond motifs is 3. The number of nitrogens with one attached hydrogen (secondary N) is 2. The molecule has 17 nitrogen and oxygen atoms in total. The fourth-order valence-corrected chi connectivity index (χ4v) is 7.74. The number of carbonyl (C=O) groups is 3. The molecule has 2 aromatic carbocycles. The third kappa shape index (κ3) is 4.73. The molecule has 2 amide bonds. The lowest BCUT2D eigenvalue weighted by atomic mass is 9.76. The highest BCUT2D eigenvalue weighted by Crippen LogP contribution is 2.51. The number of non-ortho nitro benzene ring substituents is 1. The fraction of sp³-hybridized carbons (Fsp3) is 0.257. The van der Waals surface area contributed by atoms with Gasteiger partial charge in [-0.15, -0.1) is 0 Å². The maximum atomic E-state index is 14.4. The standard InChI is InChI=1S/C35H30N8O9/c1-39-29-28(32(46)40(2)34(39)49)41(17-37-29)13-14-42-30(44)25-26(31(42)45)35(33(47)48,15-19-16-36-22-6-4-3-5-21(19)22)38-27(25)24-12-11-23(52-24)18-7-9-20(10-8-18)43(50)51/h3-12,16-17,25-27,36,38H,13-15H2,1-2H3,(H,47,48). The van der Waals surface area contributed by atoms with E-state index in [1.165, 1.54) is 53.8 Å². The number of para-hydroxylation sites is 1. The topological polar surface area (TPSA) is 221 Å². The van der Waals surface area contributed by atoms with E-state index in [0.717, 1.165) is 20.4 Å². The van der Waals surface area contributed by atoms with Gasteiger partial charge in [-0.3, -0.25) is 48.6 Å². The summed E-state index contributed by atoms with van der Waals surface area (Å²) in [6.45, 7) is -0.254. The predicted molar refractivity (Wildman–Crippen MR) is 183 cm³/mol. The molecule has 0 spiro atoms. The Balaban J connectivity index is 1.18. The molecule has 4 unspecified atom stereocenters. The van der Waals surface area contributed by atoms with E-state index in [2.05, 4.69) is 15.3 Å². The Morgan fingerprint density at radius 2 is 1.75 bits per heavy atom. The number of carboxylic acids is 1. The lowest BCUT2D eigenvalue weighted by Crippen LogP contribution is -2.57. The average Bonchev–Trinajstić information content (AvgIpc) is 3.97. The van der Waals surface area contributed by atoms with Crippen LogP contribution in [0.3, 0.4) is 0 Å². The number of aryl methyl sites for hydroxylation is 1. The Morgan fingerprint density at radius 1 is 1.00 bits per heavy atom. The molecule has 0 saturated carbocycles. The second kappa shape index (κ2) is 11.7. The van der Waals surface area contributed by atoms with Gasteiger partial charge in [0.1, 0.15) is 17.1 Å². The number of aromatic nitrogens is 5. The van der Waals surface area contributed by atoms with E-state index in [1.807, 2.05) is 24.3 Å². The first-order valence-electron chi connectivity index (χ1n) is 16.3. The fourth-order valence-electron chi connectivity index (χ4n) is 7.74. The van der Waals surface area contributed by atoms with Crippen LogP contribution in [0.25, 0.3) is 33.4 Å². The molecule has 2 fully saturated rings. The Hall–Kier alpha value is -6.62. The summed E-state index contributed by atoms with van der Waals surface area (Å²) in [6, 6.07) is 15.2. The molecule has 0 radical (unpaired) electrons. The van der Waals surface area contributed by atoms with E-state index < -0.39 is 57.4 Å². The van der Waals surface area contributed by atoms with Crippen LogP contribution in [0.2, 0.25) is 0 Å². The van der Waals surface area contributed by atoms with Crippen LogP contribution in [-0.4, -0.2) is 68.5 Å². The largest absolute Gasteiger partial charge is 0.480 e. The predicted octanol–water partition coefficient (Wildman–Crippen LogP) is 2.09. The summed E-state index contributed by atoms with van der Waals surface area (Å²) in [5, 5.41) is 26.1. The second-order valence-electron chi connectivity index (χ2n) is 13.1. The van der Waals surface area contributed by atoms with Crippen LogP contribution >= 0.6 is 0 Å². The van der Waals surface area contributed by atoms with Crippen molar-refractivity contribution in [3.63, 3.8) is 0 Å². The number of aromatic amines is 1. The minimum atomic E-state index is -1.95. The maximum Gasteiger partial charge on any atom is 0.332 e. The monoisotopic (exact) mass is 706 g/mol. The normalized spacial score (nSPS) is 21.4. The highest BCUT2D eigenvalue weighted by Gasteiger charge is 2.69. The molecule has 17 heteroatoms. The number of nitro groups is 1. The number of H-pyrrole nitrogens is 1. The van der Waals surface area contributed by atoms with Crippen LogP contribution < -0.4 is 16.6 Å². The smallest absolute Gasteiger partial charge is 0.332 e. The lowest BCUT2D eigenvalue weighted by Gasteiger charge is -2.31. The Morgan fingerprint density at radius 3 is 2.48 bits per heavy atom. The molecule has 2 aliphatic rings. The van der Waals surface area contributed by atoms with Crippen molar-refractivity contribution in [2.75, 3.05) is 6.54 Å². The minimum Gasteiger partial charge on any atom is -0.480 e. The second-order valence-corrected chi connectivity index (χ2v) is 13.1. The molecule has 4 aromatic heterocycles. The molecular formula is C35H30N8O9. The van der Waals surface area contributed by atoms with Gasteiger partial charge in [-0.2, -0.15) is 0 Å². The van der Waals surface area contributed by atoms with Gasteiger partial charge < -0.3 is 19.1 Å². The van der Waals surface area contributed by atoms with Crippen LogP contribution in [0, 0.1) is 22.0 Å². The van der Waals surface area contributed by atoms with E-state index in [0.29, 0.717) is 16.9 Å². The van der Waals surface area contributed by atoms with Crippen molar-refractivity contribution >= 4 is 45.5 Å². The lowest BCUT2D eigenvalue weighted by molar-refractivity contribution is -0.384. The molecule has 6 aromatic rings. The molecule has 4 atom stereocenters. The van der Waals surface area contributed by atoms with Crippen molar-refractivity contribution in [1.29, 1.82) is 0 Å². The van der Waals surface area contributed by atoms with E-state index in [4.69, 9.17) is 4.42 Å². The van der Waals surface area contributed by atoms with Crippen molar-refractivity contribution in [3.8, 4) is 11.3 Å². The summed E-state index contributed by atoms with van der Waals surface area (Å²) < 4.78 is 9.80. The van der Waals surface area contributed by atoms with Gasteiger partial charge in [0.25, 0.3) is 11.2 Å². The van der Waals surface area contributed by atoms with Gasteiger partial charge in [0.2, 0.25) is 11.8 Å². The van der Waals surface area contributed by atoms with E-state index in [9.17, 15) is 39.2 Å². The van der Waals surface area contributed by atoms with Crippen molar-refractivity contribution in [2.45, 2.75) is 24.5 Å². The quantitative estimate of drug-likeness (QED) is 0.112. The molecular weight excluding hydrogens is 676 g/mol. The van der Waals surface area contributed by atoms with Gasteiger partial charge in [-0.05, 0) is 35.9 Å². The number of hydrogen-bond acceptors (Lipinski definition) is 10. The van der Waals surface area contributed by atoms with E-state index in [1.54, 1.807) is 18.3 Å². The van der Waals surface area contributed by atoms with Crippen molar-refractivity contribution in [3.05, 3.63) is 115 Å². The van der Waals surface area contributed by atoms with Crippen LogP contribution in [0.4, 0.5) is 5.69 Å². The molecule has 0 bridgehead atoms. The average molecular weight is 707 g/mol. The number of amides is 2. The first-order chi connectivity index (χ1) is 24.9. The maximum absolute atomic E-state index is 14.4. The molecule has 2 aliphatic heterocycles. The number of likely N-dealkylation sites (tertiary alicyclic amines) is 1. The number of furan rings is 1. The third-order valence-electron chi connectivity index (χ3n) is 10.3. The number of nitro benzene ring substituents is 1. The summed E-state index contributed by atoms with van der Waals surface area (Å²) in [5.41, 5.74) is -1.05. The molecule has 264 valence electrons. The molecule has 3 N–H and O–H groups in total. The Bertz CT molecular complexity index is 2590. The molecule has 2 saturated heterocycles. The Kier molecular flexibility index (Phi) is 7.35. The van der Waals surface area contributed by atoms with Crippen LogP contribution in [0.5, 0.6) is 0 Å². The van der Waals surface area contributed by atoms with Gasteiger partial charge >= 0.3 is 11.7 Å². The van der Waals surface area contributed by atoms with Gasteiger partial charge in [-0.25, -0.2) is 9.78 Å². The number of nitrogens with zero attached hydrogens (tertiary/aromatic N) is 6. The van der Waals surface area contributed by atoms with E-state index in [-0.39, 0.29) is 42.1 Å². The number of imide groups is 1. The summed E-state index contributed by atoms with van der Waals surface area (Å²) >= 11 is 0. The zero-order valence-electron chi connectivity index (χ0n) is 27.7. The summed E-state index contributed by atoms with van der Waals surface area (Å²) in [5.74, 6) is -4.64. The highest BCUT2D eigenvalue weighted by atomic mass is 16.6. The van der Waals surface area contributed by atoms with Gasteiger partial charge in [0.05, 0.1) is 29.1 Å². The van der Waals surface area contributed by atoms with Gasteiger partial charge in [0, 0.05) is 68.4 Å². The summed E-state index contributed by atoms with van der Waals surface area (Å²) in [4.78, 5) is 86.8. The first-order valence-corrected chi connectivity index (χ1v) is 16.3. The molecule has 6 heterocycles. The van der Waals surface area contributed by atoms with Crippen molar-refractivity contribution in [1.82, 2.24) is 33.9 Å². The minimum absolute atomic E-state index is 0.0491. The van der Waals surface area contributed by atoms with Crippen molar-refractivity contribution < 1.29 is 28.8 Å². The highest BCUT2D eigenvalue weighted by molar-refractivity contribution is 6.09. The molecule has 0 aliphatic carbocycles. The molecule has 8 rings (SSSR count). The van der Waals surface area contributed by atoms with Gasteiger partial charge in [0.15, 0.2) is 11.2 Å². The Labute approximate surface area is 291 Å². The number of benzene rings is 2. The zero-order chi connectivity index (χ0) is 36.6. The number of carboxylic acid groups (broad SMARTS) is 1. The summed E-state index contributed by atoms with van der Waals surface area (Å²) in [7, 11) is 2.81. The van der Waals surface area contributed by atoms with E-state index >= 15 is 0 Å². The number of aliphatic carboxylic acids is 1. The number of carbonyl (C=O) groups excluding carboxylic acids is 2. The molecule has 52 heavy (non-hydrogen) atoms. The third-order valence-corrected chi connectivity index (χ3v) is 10.3. The van der Waals surface area contributed by atoms with Crippen molar-refractivity contribution in [2.24, 2.45) is 25.9 Å². The zero-order valence-corrected chi connectivity index (χ0v) is 27.7. The summed E-state index contributed by atoms with van der Waals surface area (Å²) in [6.07, 6.45) is 2.89. The van der Waals surface area contributed by atoms with Gasteiger partial charge in [-0.1, -0.05) is 18.2 Å². The SMILES string of the molecule is Cn1c(=O)c2c(ncn2CCN2C(=O)C3C(c4ccc(-c5ccc([N+](=O)[O-])cc5)o4)NC(Cc4c[nH]c5ccccc45)(C(=O)O)C3C2=O)n(C)c1=O. The number of hydrogen-bond donors (Lipinski definition) is 3. The van der Waals surface area contributed by atoms with Crippen LogP contribution in [0.1, 0.15) is 17.4 Å². The van der Waals surface area contributed by atoms with Crippen LogP contribution in [-0.2, 0) is 41.4 Å².